The van der Waals surface area contributed by atoms with Gasteiger partial charge in [-0.25, -0.2) is 4.39 Å². The standard InChI is InChI=1S/C16H21F4N3O2.HI/c1-2-21-15(23-6-4-16(18,19)20)22-5-3-11-7-13(17)8-12-9-24-10-25-14(11)12;/h7-8H,2-6,9-10H2,1H3,(H2,21,22,23);1H. The average Bonchev–Trinajstić information content (AvgIpc) is 2.53. The first-order chi connectivity index (χ1) is 11.9. The molecule has 26 heavy (non-hydrogen) atoms. The smallest absolute Gasteiger partial charge is 0.390 e. The number of nitrogens with one attached hydrogen (secondary N) is 2. The highest BCUT2D eigenvalue weighted by Gasteiger charge is 2.26. The lowest BCUT2D eigenvalue weighted by molar-refractivity contribution is -0.132. The Labute approximate surface area is 166 Å². The molecule has 0 aromatic heterocycles. The van der Waals surface area contributed by atoms with Gasteiger partial charge in [0, 0.05) is 18.7 Å². The minimum absolute atomic E-state index is 0. The molecule has 0 spiro atoms. The predicted octanol–water partition coefficient (Wildman–Crippen LogP) is 3.36. The average molecular weight is 491 g/mol. The summed E-state index contributed by atoms with van der Waals surface area (Å²) >= 11 is 0. The van der Waals surface area contributed by atoms with Crippen LogP contribution >= 0.6 is 24.0 Å². The van der Waals surface area contributed by atoms with Gasteiger partial charge in [0.15, 0.2) is 12.8 Å². The third-order valence-corrected chi connectivity index (χ3v) is 3.45. The Morgan fingerprint density at radius 2 is 2.04 bits per heavy atom. The van der Waals surface area contributed by atoms with Crippen LogP contribution in [0.15, 0.2) is 17.1 Å². The SMILES string of the molecule is CCNC(=NCCC(F)(F)F)NCCc1cc(F)cc2c1OCOC2.I. The molecule has 1 heterocycles. The fraction of sp³-hybridized carbons (Fsp3) is 0.562. The van der Waals surface area contributed by atoms with Crippen LogP contribution in [0, 0.1) is 5.82 Å². The number of fused-ring (bicyclic) bond motifs is 1. The van der Waals surface area contributed by atoms with Crippen molar-refractivity contribution < 1.29 is 27.0 Å². The van der Waals surface area contributed by atoms with E-state index < -0.39 is 12.6 Å². The van der Waals surface area contributed by atoms with Crippen LogP contribution in [0.2, 0.25) is 0 Å². The van der Waals surface area contributed by atoms with Crippen molar-refractivity contribution in [3.8, 4) is 5.75 Å². The molecule has 1 aromatic rings. The number of hydrogen-bond acceptors (Lipinski definition) is 3. The third-order valence-electron chi connectivity index (χ3n) is 3.45. The number of guanidine groups is 1. The normalized spacial score (nSPS) is 14.1. The summed E-state index contributed by atoms with van der Waals surface area (Å²) in [7, 11) is 0. The van der Waals surface area contributed by atoms with Gasteiger partial charge in [-0.15, -0.1) is 24.0 Å². The Hall–Kier alpha value is -1.30. The van der Waals surface area contributed by atoms with E-state index in [0.717, 1.165) is 0 Å². The van der Waals surface area contributed by atoms with Gasteiger partial charge < -0.3 is 20.1 Å². The second-order valence-electron chi connectivity index (χ2n) is 5.47. The maximum absolute atomic E-state index is 13.7. The lowest BCUT2D eigenvalue weighted by atomic mass is 10.1. The molecule has 0 amide bonds. The van der Waals surface area contributed by atoms with E-state index in [4.69, 9.17) is 9.47 Å². The lowest BCUT2D eigenvalue weighted by Gasteiger charge is -2.21. The molecule has 0 atom stereocenters. The first-order valence-electron chi connectivity index (χ1n) is 8.00. The quantitative estimate of drug-likeness (QED) is 0.278. The number of nitrogens with zero attached hydrogens (tertiary/aromatic N) is 1. The van der Waals surface area contributed by atoms with Gasteiger partial charge in [-0.3, -0.25) is 4.99 Å². The topological polar surface area (TPSA) is 54.9 Å². The minimum Gasteiger partial charge on any atom is -0.467 e. The maximum Gasteiger partial charge on any atom is 0.390 e. The molecule has 0 aliphatic carbocycles. The van der Waals surface area contributed by atoms with E-state index >= 15 is 0 Å². The van der Waals surface area contributed by atoms with E-state index in [0.29, 0.717) is 42.3 Å². The second kappa shape index (κ2) is 10.8. The number of aliphatic imine (C=N–C) groups is 1. The zero-order valence-corrected chi connectivity index (χ0v) is 16.6. The number of ether oxygens (including phenoxy) is 2. The monoisotopic (exact) mass is 491 g/mol. The summed E-state index contributed by atoms with van der Waals surface area (Å²) in [6, 6.07) is 2.76. The van der Waals surface area contributed by atoms with E-state index in [1.54, 1.807) is 0 Å². The van der Waals surface area contributed by atoms with Crippen LogP contribution in [0.4, 0.5) is 17.6 Å². The van der Waals surface area contributed by atoms with Crippen LogP contribution in [0.5, 0.6) is 5.75 Å². The Kier molecular flexibility index (Phi) is 9.41. The summed E-state index contributed by atoms with van der Waals surface area (Å²) in [5.41, 5.74) is 1.32. The van der Waals surface area contributed by atoms with Crippen molar-refractivity contribution in [2.24, 2.45) is 4.99 Å². The summed E-state index contributed by atoms with van der Waals surface area (Å²) in [6.45, 7) is 2.76. The van der Waals surface area contributed by atoms with Crippen molar-refractivity contribution in [1.82, 2.24) is 10.6 Å². The van der Waals surface area contributed by atoms with Gasteiger partial charge in [-0.1, -0.05) is 0 Å². The Morgan fingerprint density at radius 3 is 2.73 bits per heavy atom. The van der Waals surface area contributed by atoms with Gasteiger partial charge in [0.25, 0.3) is 0 Å². The fourth-order valence-corrected chi connectivity index (χ4v) is 2.39. The molecule has 1 aliphatic rings. The summed E-state index contributed by atoms with van der Waals surface area (Å²) < 4.78 is 60.8. The fourth-order valence-electron chi connectivity index (χ4n) is 2.39. The van der Waals surface area contributed by atoms with Crippen molar-refractivity contribution in [3.05, 3.63) is 29.1 Å². The molecule has 0 saturated carbocycles. The molecule has 1 aromatic carbocycles. The van der Waals surface area contributed by atoms with Crippen molar-refractivity contribution in [1.29, 1.82) is 0 Å². The number of halogens is 5. The van der Waals surface area contributed by atoms with E-state index in [-0.39, 0.29) is 49.7 Å². The summed E-state index contributed by atoms with van der Waals surface area (Å²) in [5, 5.41) is 5.82. The van der Waals surface area contributed by atoms with Crippen LogP contribution in [0.25, 0.3) is 0 Å². The van der Waals surface area contributed by atoms with Gasteiger partial charge in [0.1, 0.15) is 11.6 Å². The summed E-state index contributed by atoms with van der Waals surface area (Å²) in [4.78, 5) is 3.88. The molecule has 0 saturated heterocycles. The molecule has 2 N–H and O–H groups in total. The second-order valence-corrected chi connectivity index (χ2v) is 5.47. The van der Waals surface area contributed by atoms with E-state index in [1.165, 1.54) is 12.1 Å². The Bertz CT molecular complexity index is 612. The molecule has 10 heteroatoms. The van der Waals surface area contributed by atoms with Gasteiger partial charge in [-0.05, 0) is 31.0 Å². The first-order valence-corrected chi connectivity index (χ1v) is 8.00. The molecular weight excluding hydrogens is 469 g/mol. The molecular formula is C16H22F4IN3O2. The highest BCUT2D eigenvalue weighted by molar-refractivity contribution is 14.0. The summed E-state index contributed by atoms with van der Waals surface area (Å²) in [5.74, 6) is 0.517. The number of rotatable bonds is 6. The van der Waals surface area contributed by atoms with Crippen LogP contribution in [0.1, 0.15) is 24.5 Å². The van der Waals surface area contributed by atoms with Gasteiger partial charge in [-0.2, -0.15) is 13.2 Å². The molecule has 0 unspecified atom stereocenters. The predicted molar refractivity (Wildman–Crippen MR) is 100 cm³/mol. The zero-order valence-electron chi connectivity index (χ0n) is 14.3. The first kappa shape index (κ1) is 22.7. The van der Waals surface area contributed by atoms with Gasteiger partial charge in [0.2, 0.25) is 0 Å². The molecule has 148 valence electrons. The van der Waals surface area contributed by atoms with Gasteiger partial charge in [0.05, 0.1) is 19.6 Å². The van der Waals surface area contributed by atoms with E-state index in [2.05, 4.69) is 15.6 Å². The van der Waals surface area contributed by atoms with Gasteiger partial charge >= 0.3 is 6.18 Å². The Morgan fingerprint density at radius 1 is 1.27 bits per heavy atom. The highest BCUT2D eigenvalue weighted by Crippen LogP contribution is 2.29. The zero-order chi connectivity index (χ0) is 18.3. The molecule has 5 nitrogen and oxygen atoms in total. The largest absolute Gasteiger partial charge is 0.467 e. The lowest BCUT2D eigenvalue weighted by Crippen LogP contribution is -2.38. The van der Waals surface area contributed by atoms with Crippen molar-refractivity contribution in [2.45, 2.75) is 32.5 Å². The molecule has 0 radical (unpaired) electrons. The van der Waals surface area contributed by atoms with Crippen molar-refractivity contribution in [3.63, 3.8) is 0 Å². The molecule has 2 rings (SSSR count). The molecule has 1 aliphatic heterocycles. The van der Waals surface area contributed by atoms with Crippen LogP contribution in [-0.2, 0) is 17.8 Å². The van der Waals surface area contributed by atoms with Crippen molar-refractivity contribution >= 4 is 29.9 Å². The highest BCUT2D eigenvalue weighted by atomic mass is 127. The third kappa shape index (κ3) is 7.52. The van der Waals surface area contributed by atoms with Crippen molar-refractivity contribution in [2.75, 3.05) is 26.4 Å². The van der Waals surface area contributed by atoms with E-state index in [9.17, 15) is 17.6 Å². The van der Waals surface area contributed by atoms with Crippen LogP contribution in [0.3, 0.4) is 0 Å². The van der Waals surface area contributed by atoms with Crippen LogP contribution in [-0.4, -0.2) is 38.6 Å². The maximum atomic E-state index is 13.7. The minimum atomic E-state index is -4.24. The van der Waals surface area contributed by atoms with Crippen LogP contribution < -0.4 is 15.4 Å². The van der Waals surface area contributed by atoms with E-state index in [1.807, 2.05) is 6.92 Å². The number of benzene rings is 1. The summed E-state index contributed by atoms with van der Waals surface area (Å²) in [6.07, 6.45) is -4.78. The molecule has 0 fully saturated rings. The number of alkyl halides is 3. The molecule has 0 bridgehead atoms. The number of hydrogen-bond donors (Lipinski definition) is 2. The Balaban J connectivity index is 0.00000338.